The zero-order valence-corrected chi connectivity index (χ0v) is 13.2. The zero-order chi connectivity index (χ0) is 17.4. The minimum atomic E-state index is -0.959. The number of nitrogens with one attached hydrogen (secondary N) is 1. The van der Waals surface area contributed by atoms with Gasteiger partial charge in [-0.15, -0.1) is 0 Å². The maximum Gasteiger partial charge on any atom is 0.335 e. The Hall–Kier alpha value is -3.54. The molecular weight excluding hydrogens is 318 g/mol. The Balaban J connectivity index is 1.63. The summed E-state index contributed by atoms with van der Waals surface area (Å²) in [6, 6.07) is 14.1. The number of carbonyl (C=O) groups is 1. The summed E-state index contributed by atoms with van der Waals surface area (Å²) in [4.78, 5) is 18.5. The van der Waals surface area contributed by atoms with Gasteiger partial charge in [0.2, 0.25) is 0 Å². The quantitative estimate of drug-likeness (QED) is 0.528. The molecule has 0 fully saturated rings. The molecule has 6 nitrogen and oxygen atoms in total. The summed E-state index contributed by atoms with van der Waals surface area (Å²) in [5, 5.41) is 10.1. The van der Waals surface area contributed by atoms with Gasteiger partial charge in [0.1, 0.15) is 23.0 Å². The molecule has 4 aromatic rings. The topological polar surface area (TPSA) is 105 Å². The Morgan fingerprint density at radius 1 is 1.20 bits per heavy atom. The van der Waals surface area contributed by atoms with E-state index in [0.29, 0.717) is 18.0 Å². The number of fused-ring (bicyclic) bond motifs is 1. The van der Waals surface area contributed by atoms with Crippen LogP contribution in [-0.2, 0) is 6.42 Å². The van der Waals surface area contributed by atoms with E-state index in [2.05, 4.69) is 9.97 Å². The van der Waals surface area contributed by atoms with Gasteiger partial charge < -0.3 is 20.2 Å². The van der Waals surface area contributed by atoms with Gasteiger partial charge >= 0.3 is 5.97 Å². The Kier molecular flexibility index (Phi) is 3.50. The first-order valence-corrected chi connectivity index (χ1v) is 7.75. The minimum Gasteiger partial charge on any atom is -0.478 e. The van der Waals surface area contributed by atoms with Gasteiger partial charge in [-0.3, -0.25) is 0 Å². The molecule has 0 amide bonds. The number of pyridine rings is 1. The van der Waals surface area contributed by atoms with Gasteiger partial charge in [0, 0.05) is 23.6 Å². The molecule has 0 atom stereocenters. The van der Waals surface area contributed by atoms with Gasteiger partial charge in [-0.25, -0.2) is 9.78 Å². The van der Waals surface area contributed by atoms with Crippen LogP contribution in [0, 0.1) is 0 Å². The Morgan fingerprint density at radius 2 is 2.08 bits per heavy atom. The number of furan rings is 1. The number of aromatic nitrogens is 2. The number of nitrogen functional groups attached to an aromatic ring is 1. The number of carboxylic acids is 1. The van der Waals surface area contributed by atoms with Gasteiger partial charge in [0.15, 0.2) is 0 Å². The number of aromatic amines is 1. The molecule has 0 saturated carbocycles. The van der Waals surface area contributed by atoms with Crippen LogP contribution >= 0.6 is 0 Å². The highest BCUT2D eigenvalue weighted by atomic mass is 16.4. The van der Waals surface area contributed by atoms with Crippen molar-refractivity contribution in [3.05, 3.63) is 71.6 Å². The molecule has 6 heteroatoms. The molecular formula is C19H15N3O3. The largest absolute Gasteiger partial charge is 0.478 e. The molecule has 0 spiro atoms. The molecule has 0 aliphatic carbocycles. The second-order valence-electron chi connectivity index (χ2n) is 5.77. The van der Waals surface area contributed by atoms with E-state index in [9.17, 15) is 4.79 Å². The van der Waals surface area contributed by atoms with E-state index in [1.54, 1.807) is 24.3 Å². The van der Waals surface area contributed by atoms with Crippen molar-refractivity contribution in [1.82, 2.24) is 9.97 Å². The number of aromatic carboxylic acids is 1. The number of hydrogen-bond acceptors (Lipinski definition) is 4. The van der Waals surface area contributed by atoms with E-state index < -0.39 is 5.97 Å². The van der Waals surface area contributed by atoms with Gasteiger partial charge in [-0.2, -0.15) is 0 Å². The third kappa shape index (κ3) is 2.85. The molecule has 0 aliphatic heterocycles. The second-order valence-corrected chi connectivity index (χ2v) is 5.77. The van der Waals surface area contributed by atoms with Gasteiger partial charge in [-0.05, 0) is 42.0 Å². The number of nitrogens with two attached hydrogens (primary N) is 1. The van der Waals surface area contributed by atoms with E-state index in [0.717, 1.165) is 27.9 Å². The van der Waals surface area contributed by atoms with Crippen LogP contribution in [0.25, 0.3) is 22.4 Å². The molecule has 0 unspecified atom stereocenters. The van der Waals surface area contributed by atoms with Crippen LogP contribution in [-0.4, -0.2) is 21.0 Å². The summed E-state index contributed by atoms with van der Waals surface area (Å²) >= 11 is 0. The summed E-state index contributed by atoms with van der Waals surface area (Å²) in [5.74, 6) is 0.937. The minimum absolute atomic E-state index is 0.232. The summed E-state index contributed by atoms with van der Waals surface area (Å²) in [6.07, 6.45) is 2.49. The van der Waals surface area contributed by atoms with Gasteiger partial charge in [0.25, 0.3) is 0 Å². The molecule has 0 radical (unpaired) electrons. The summed E-state index contributed by atoms with van der Waals surface area (Å²) in [6.45, 7) is 0. The standard InChI is InChI=1S/C19H15N3O3/c20-17-7-5-15-13(10-21-18(15)22-17)9-14-4-6-16(25-14)11-2-1-3-12(8-11)19(23)24/h1-8,10H,9H2,(H,23,24)(H3,20,21,22). The van der Waals surface area contributed by atoms with Gasteiger partial charge in [-0.1, -0.05) is 12.1 Å². The molecule has 3 aromatic heterocycles. The summed E-state index contributed by atoms with van der Waals surface area (Å²) < 4.78 is 5.90. The van der Waals surface area contributed by atoms with Crippen LogP contribution < -0.4 is 5.73 Å². The fourth-order valence-corrected chi connectivity index (χ4v) is 2.84. The normalized spacial score (nSPS) is 11.0. The molecule has 0 aliphatic rings. The second kappa shape index (κ2) is 5.83. The lowest BCUT2D eigenvalue weighted by Crippen LogP contribution is -1.95. The van der Waals surface area contributed by atoms with Crippen LogP contribution in [0.2, 0.25) is 0 Å². The molecule has 25 heavy (non-hydrogen) atoms. The van der Waals surface area contributed by atoms with Gasteiger partial charge in [0.05, 0.1) is 5.56 Å². The predicted molar refractivity (Wildman–Crippen MR) is 94.4 cm³/mol. The average Bonchev–Trinajstić information content (AvgIpc) is 3.22. The maximum atomic E-state index is 11.1. The number of nitrogens with zero attached hydrogens (tertiary/aromatic N) is 1. The van der Waals surface area contributed by atoms with E-state index in [-0.39, 0.29) is 5.56 Å². The predicted octanol–water partition coefficient (Wildman–Crippen LogP) is 3.69. The number of H-pyrrole nitrogens is 1. The van der Waals surface area contributed by atoms with Crippen LogP contribution in [0.5, 0.6) is 0 Å². The molecule has 0 saturated heterocycles. The van der Waals surface area contributed by atoms with Crippen LogP contribution in [0.3, 0.4) is 0 Å². The third-order valence-electron chi connectivity index (χ3n) is 4.07. The zero-order valence-electron chi connectivity index (χ0n) is 13.2. The number of benzene rings is 1. The summed E-state index contributed by atoms with van der Waals surface area (Å²) in [5.41, 5.74) is 8.47. The molecule has 0 bridgehead atoms. The highest BCUT2D eigenvalue weighted by molar-refractivity contribution is 5.89. The first-order chi connectivity index (χ1) is 12.1. The van der Waals surface area contributed by atoms with E-state index in [4.69, 9.17) is 15.3 Å². The maximum absolute atomic E-state index is 11.1. The lowest BCUT2D eigenvalue weighted by Gasteiger charge is -2.00. The number of anilines is 1. The fraction of sp³-hybridized carbons (Fsp3) is 0.0526. The number of carboxylic acid groups (broad SMARTS) is 1. The Morgan fingerprint density at radius 3 is 2.92 bits per heavy atom. The van der Waals surface area contributed by atoms with Crippen molar-refractivity contribution in [3.8, 4) is 11.3 Å². The van der Waals surface area contributed by atoms with Crippen molar-refractivity contribution in [1.29, 1.82) is 0 Å². The fourth-order valence-electron chi connectivity index (χ4n) is 2.84. The molecule has 4 rings (SSSR count). The lowest BCUT2D eigenvalue weighted by molar-refractivity contribution is 0.0697. The smallest absolute Gasteiger partial charge is 0.335 e. The molecule has 124 valence electrons. The Labute approximate surface area is 142 Å². The van der Waals surface area contributed by atoms with Crippen molar-refractivity contribution in [2.75, 3.05) is 5.73 Å². The van der Waals surface area contributed by atoms with Crippen molar-refractivity contribution in [2.24, 2.45) is 0 Å². The third-order valence-corrected chi connectivity index (χ3v) is 4.07. The van der Waals surface area contributed by atoms with E-state index in [1.807, 2.05) is 30.5 Å². The lowest BCUT2D eigenvalue weighted by atomic mass is 10.1. The average molecular weight is 333 g/mol. The monoisotopic (exact) mass is 333 g/mol. The number of hydrogen-bond donors (Lipinski definition) is 3. The van der Waals surface area contributed by atoms with Crippen molar-refractivity contribution < 1.29 is 14.3 Å². The van der Waals surface area contributed by atoms with Crippen molar-refractivity contribution >= 4 is 22.8 Å². The summed E-state index contributed by atoms with van der Waals surface area (Å²) in [7, 11) is 0. The van der Waals surface area contributed by atoms with Crippen LogP contribution in [0.1, 0.15) is 21.7 Å². The number of rotatable bonds is 4. The Bertz CT molecular complexity index is 1080. The molecule has 4 N–H and O–H groups in total. The van der Waals surface area contributed by atoms with Crippen LogP contribution in [0.15, 0.2) is 59.1 Å². The highest BCUT2D eigenvalue weighted by Crippen LogP contribution is 2.26. The first-order valence-electron chi connectivity index (χ1n) is 7.75. The van der Waals surface area contributed by atoms with Crippen molar-refractivity contribution in [3.63, 3.8) is 0 Å². The van der Waals surface area contributed by atoms with Crippen molar-refractivity contribution in [2.45, 2.75) is 6.42 Å². The molecule has 3 heterocycles. The first kappa shape index (κ1) is 15.0. The van der Waals surface area contributed by atoms with E-state index in [1.165, 1.54) is 0 Å². The molecule has 1 aromatic carbocycles. The highest BCUT2D eigenvalue weighted by Gasteiger charge is 2.11. The SMILES string of the molecule is Nc1ccc2c(Cc3ccc(-c4cccc(C(=O)O)c4)o3)c[nH]c2n1. The van der Waals surface area contributed by atoms with E-state index >= 15 is 0 Å². The van der Waals surface area contributed by atoms with Crippen LogP contribution in [0.4, 0.5) is 5.82 Å².